The number of benzene rings is 1. The highest BCUT2D eigenvalue weighted by molar-refractivity contribution is 6.15. The van der Waals surface area contributed by atoms with Gasteiger partial charge in [0.1, 0.15) is 6.17 Å². The van der Waals surface area contributed by atoms with Crippen LogP contribution in [0.1, 0.15) is 83.6 Å². The maximum absolute atomic E-state index is 5.66. The number of amidine groups is 1. The topological polar surface area (TPSA) is 28.0 Å². The van der Waals surface area contributed by atoms with Crippen LogP contribution < -0.4 is 4.90 Å². The molecule has 2 aliphatic heterocycles. The van der Waals surface area contributed by atoms with Crippen molar-refractivity contribution in [1.82, 2.24) is 0 Å². The molecule has 0 bridgehead atoms. The number of aliphatic imine (C=N–C) groups is 2. The fourth-order valence-electron chi connectivity index (χ4n) is 11.2. The molecule has 55 heavy (non-hydrogen) atoms. The molecule has 0 saturated heterocycles. The van der Waals surface area contributed by atoms with Crippen molar-refractivity contribution in [3.05, 3.63) is 184 Å². The first-order chi connectivity index (χ1) is 27.0. The molecule has 2 heterocycles. The van der Waals surface area contributed by atoms with Gasteiger partial charge in [-0.15, -0.1) is 0 Å². The summed E-state index contributed by atoms with van der Waals surface area (Å²) in [4.78, 5) is 13.7. The maximum Gasteiger partial charge on any atom is 0.156 e. The van der Waals surface area contributed by atoms with Gasteiger partial charge in [0.05, 0.1) is 5.71 Å². The molecule has 0 aromatic heterocycles. The van der Waals surface area contributed by atoms with E-state index < -0.39 is 0 Å². The smallest absolute Gasteiger partial charge is 0.156 e. The Morgan fingerprint density at radius 1 is 0.836 bits per heavy atom. The molecule has 9 aliphatic rings. The molecule has 0 radical (unpaired) electrons. The van der Waals surface area contributed by atoms with E-state index in [2.05, 4.69) is 159 Å². The van der Waals surface area contributed by atoms with Crippen molar-refractivity contribution in [2.45, 2.75) is 84.2 Å². The summed E-state index contributed by atoms with van der Waals surface area (Å²) in [6, 6.07) is 9.07. The van der Waals surface area contributed by atoms with E-state index in [-0.39, 0.29) is 11.6 Å². The van der Waals surface area contributed by atoms with Crippen molar-refractivity contribution in [3.63, 3.8) is 0 Å². The SMILES string of the molecule is C/C=C1/CC(C2=CC=CCC2)=NC(C2=CCCC=C2)=NC1N1C2=CC(C3=CC(C4=C5C(CC=C4)C4C=CC=CC4C5(C)C)CC=C3)=CCC2c2ccccc21. The molecule has 1 aromatic carbocycles. The summed E-state index contributed by atoms with van der Waals surface area (Å²) in [5.41, 5.74) is 15.1. The number of hydrogen-bond acceptors (Lipinski definition) is 3. The molecule has 3 nitrogen and oxygen atoms in total. The molecule has 1 saturated carbocycles. The lowest BCUT2D eigenvalue weighted by Crippen LogP contribution is -2.34. The standard InChI is InChI=1S/C52H53N3/c1-4-34-32-46(35-17-7-5-8-18-35)53-50(36-19-9-6-10-20-36)54-51(34)55-47-28-14-12-24-42(47)43-30-29-38(33-48(43)55)37-21-15-22-39(31-37)40-25-16-26-44-41-23-11-13-27-45(41)52(2,3)49(40)44/h4-5,7,9,11-17,19-21,23-25,27-29,31,33,39,41,43-45,51H,6,8,10,18,22,26,30,32H2,1-3H3/b34-4-. The third-order valence-corrected chi connectivity index (χ3v) is 13.9. The van der Waals surface area contributed by atoms with Gasteiger partial charge < -0.3 is 4.90 Å². The van der Waals surface area contributed by atoms with E-state index in [9.17, 15) is 0 Å². The van der Waals surface area contributed by atoms with E-state index in [4.69, 9.17) is 9.98 Å². The van der Waals surface area contributed by atoms with Gasteiger partial charge in [-0.1, -0.05) is 141 Å². The van der Waals surface area contributed by atoms with Crippen molar-refractivity contribution in [3.8, 4) is 0 Å². The fourth-order valence-corrected chi connectivity index (χ4v) is 11.2. The van der Waals surface area contributed by atoms with Crippen LogP contribution in [-0.2, 0) is 0 Å². The zero-order valence-corrected chi connectivity index (χ0v) is 32.7. The van der Waals surface area contributed by atoms with E-state index >= 15 is 0 Å². The van der Waals surface area contributed by atoms with Gasteiger partial charge in [0.25, 0.3) is 0 Å². The first-order valence-electron chi connectivity index (χ1n) is 21.0. The van der Waals surface area contributed by atoms with Gasteiger partial charge in [-0.05, 0) is 121 Å². The molecule has 276 valence electrons. The highest BCUT2D eigenvalue weighted by Crippen LogP contribution is 2.60. The lowest BCUT2D eigenvalue weighted by Gasteiger charge is -2.34. The highest BCUT2D eigenvalue weighted by atomic mass is 15.3. The molecule has 0 spiro atoms. The first kappa shape index (κ1) is 34.5. The molecule has 10 rings (SSSR count). The van der Waals surface area contributed by atoms with Crippen LogP contribution in [0.4, 0.5) is 5.69 Å². The van der Waals surface area contributed by atoms with Gasteiger partial charge in [0.2, 0.25) is 0 Å². The lowest BCUT2D eigenvalue weighted by atomic mass is 9.71. The molecule has 3 heteroatoms. The molecule has 7 aliphatic carbocycles. The van der Waals surface area contributed by atoms with Crippen molar-refractivity contribution in [1.29, 1.82) is 0 Å². The van der Waals surface area contributed by atoms with Crippen LogP contribution in [0.2, 0.25) is 0 Å². The van der Waals surface area contributed by atoms with Gasteiger partial charge >= 0.3 is 0 Å². The van der Waals surface area contributed by atoms with Crippen LogP contribution in [0.25, 0.3) is 0 Å². The first-order valence-corrected chi connectivity index (χ1v) is 21.0. The van der Waals surface area contributed by atoms with Gasteiger partial charge in [-0.25, -0.2) is 9.98 Å². The second-order valence-electron chi connectivity index (χ2n) is 17.2. The van der Waals surface area contributed by atoms with Crippen LogP contribution in [0.3, 0.4) is 0 Å². The Kier molecular flexibility index (Phi) is 8.73. The Hall–Kier alpha value is -5.02. The van der Waals surface area contributed by atoms with E-state index in [0.717, 1.165) is 68.5 Å². The van der Waals surface area contributed by atoms with Crippen LogP contribution in [-0.4, -0.2) is 17.7 Å². The van der Waals surface area contributed by atoms with Crippen LogP contribution in [0.5, 0.6) is 0 Å². The van der Waals surface area contributed by atoms with Gasteiger partial charge in [-0.3, -0.25) is 0 Å². The van der Waals surface area contributed by atoms with E-state index in [0.29, 0.717) is 29.6 Å². The number of anilines is 1. The normalized spacial score (nSPS) is 32.1. The minimum Gasteiger partial charge on any atom is -0.318 e. The minimum absolute atomic E-state index is 0.154. The van der Waals surface area contributed by atoms with Gasteiger partial charge in [-0.2, -0.15) is 0 Å². The average molecular weight is 720 g/mol. The maximum atomic E-state index is 5.66. The third kappa shape index (κ3) is 5.85. The van der Waals surface area contributed by atoms with E-state index in [1.165, 1.54) is 39.2 Å². The van der Waals surface area contributed by atoms with Gasteiger partial charge in [0.15, 0.2) is 5.84 Å². The number of fused-ring (bicyclic) bond motifs is 6. The van der Waals surface area contributed by atoms with Crippen LogP contribution >= 0.6 is 0 Å². The number of hydrogen-bond donors (Lipinski definition) is 0. The Labute approximate surface area is 328 Å². The zero-order chi connectivity index (χ0) is 37.1. The van der Waals surface area contributed by atoms with Crippen molar-refractivity contribution in [2.24, 2.45) is 39.1 Å². The second-order valence-corrected chi connectivity index (χ2v) is 17.2. The number of nitrogens with zero attached hydrogens (tertiary/aromatic N) is 3. The summed E-state index contributed by atoms with van der Waals surface area (Å²) < 4.78 is 0. The summed E-state index contributed by atoms with van der Waals surface area (Å²) in [7, 11) is 0. The van der Waals surface area contributed by atoms with Crippen LogP contribution in [0.15, 0.2) is 188 Å². The predicted molar refractivity (Wildman–Crippen MR) is 231 cm³/mol. The Morgan fingerprint density at radius 3 is 2.56 bits per heavy atom. The summed E-state index contributed by atoms with van der Waals surface area (Å²) in [6.07, 6.45) is 50.9. The zero-order valence-electron chi connectivity index (χ0n) is 32.7. The number of rotatable bonds is 5. The molecule has 1 aromatic rings. The quantitative estimate of drug-likeness (QED) is 0.279. The average Bonchev–Trinajstić information content (AvgIpc) is 3.59. The largest absolute Gasteiger partial charge is 0.318 e. The van der Waals surface area contributed by atoms with Crippen molar-refractivity contribution >= 4 is 17.2 Å². The molecule has 6 unspecified atom stereocenters. The van der Waals surface area contributed by atoms with Crippen LogP contribution in [0, 0.1) is 29.1 Å². The van der Waals surface area contributed by atoms with E-state index in [1.807, 2.05) is 0 Å². The molecule has 0 amide bonds. The minimum atomic E-state index is -0.176. The number of para-hydroxylation sites is 1. The summed E-state index contributed by atoms with van der Waals surface area (Å²) >= 11 is 0. The van der Waals surface area contributed by atoms with Gasteiger partial charge in [0, 0.05) is 35.2 Å². The highest BCUT2D eigenvalue weighted by Gasteiger charge is 2.51. The lowest BCUT2D eigenvalue weighted by molar-refractivity contribution is 0.320. The molecule has 6 atom stereocenters. The Morgan fingerprint density at radius 2 is 1.71 bits per heavy atom. The van der Waals surface area contributed by atoms with Crippen molar-refractivity contribution < 1.29 is 0 Å². The summed E-state index contributed by atoms with van der Waals surface area (Å²) in [5, 5.41) is 0. The number of allylic oxidation sites excluding steroid dienone is 23. The predicted octanol–water partition coefficient (Wildman–Crippen LogP) is 12.6. The Bertz CT molecular complexity index is 2290. The molecule has 1 fully saturated rings. The van der Waals surface area contributed by atoms with Crippen molar-refractivity contribution in [2.75, 3.05) is 4.90 Å². The molecule has 0 N–H and O–H groups in total. The molecular weight excluding hydrogens is 667 g/mol. The summed E-state index contributed by atoms with van der Waals surface area (Å²) in [6.45, 7) is 7.20. The van der Waals surface area contributed by atoms with E-state index in [1.54, 1.807) is 11.1 Å². The third-order valence-electron chi connectivity index (χ3n) is 13.9. The monoisotopic (exact) mass is 719 g/mol. The second kappa shape index (κ2) is 13.9. The summed E-state index contributed by atoms with van der Waals surface area (Å²) in [5.74, 6) is 3.34. The molecular formula is C52H53N3. The fraction of sp³-hybridized carbons (Fsp3) is 0.346. The Balaban J connectivity index is 1.04.